The SMILES string of the molecule is COc1ccc(C=Cc2nc3sc(=Cc4cn(-c5ccccc5)nc4-c4ccc(OCC(C)C)c(C)c4)c(=O)n3n2)cc1OC. The minimum Gasteiger partial charge on any atom is -0.493 e. The number of fused-ring (bicyclic) bond motifs is 1. The number of nitrogens with zero attached hydrogens (tertiary/aromatic N) is 5. The van der Waals surface area contributed by atoms with Crippen LogP contribution < -0.4 is 24.3 Å². The second kappa shape index (κ2) is 12.8. The first-order valence-electron chi connectivity index (χ1n) is 14.5. The highest BCUT2D eigenvalue weighted by Gasteiger charge is 2.15. The number of aryl methyl sites for hydroxylation is 1. The molecule has 6 rings (SSSR count). The predicted octanol–water partition coefficient (Wildman–Crippen LogP) is 6.08. The summed E-state index contributed by atoms with van der Waals surface area (Å²) >= 11 is 1.29. The van der Waals surface area contributed by atoms with E-state index in [9.17, 15) is 4.79 Å². The van der Waals surface area contributed by atoms with E-state index in [1.54, 1.807) is 20.3 Å². The number of para-hydroxylation sites is 1. The Bertz CT molecular complexity index is 2110. The first-order valence-corrected chi connectivity index (χ1v) is 15.3. The minimum absolute atomic E-state index is 0.236. The fraction of sp³-hybridized carbons (Fsp3) is 0.200. The second-order valence-corrected chi connectivity index (χ2v) is 11.9. The molecular weight excluding hydrogens is 586 g/mol. The van der Waals surface area contributed by atoms with Gasteiger partial charge >= 0.3 is 0 Å². The largest absolute Gasteiger partial charge is 0.493 e. The topological polar surface area (TPSA) is 92.8 Å². The molecule has 0 aliphatic carbocycles. The lowest BCUT2D eigenvalue weighted by Crippen LogP contribution is -2.23. The van der Waals surface area contributed by atoms with Gasteiger partial charge in [-0.2, -0.15) is 14.6 Å². The highest BCUT2D eigenvalue weighted by Crippen LogP contribution is 2.30. The molecule has 0 saturated heterocycles. The van der Waals surface area contributed by atoms with Crippen molar-refractivity contribution in [3.05, 3.63) is 110 Å². The number of rotatable bonds is 10. The van der Waals surface area contributed by atoms with Crippen LogP contribution in [-0.4, -0.2) is 45.2 Å². The third-order valence-electron chi connectivity index (χ3n) is 7.10. The normalized spacial score (nSPS) is 12.1. The molecule has 0 atom stereocenters. The highest BCUT2D eigenvalue weighted by molar-refractivity contribution is 7.15. The smallest absolute Gasteiger partial charge is 0.291 e. The quantitative estimate of drug-likeness (QED) is 0.183. The standard InChI is InChI=1S/C35H33N5O4S/c1-22(2)21-44-28-15-13-25(17-23(28)3)33-26(20-39(38-33)27-9-7-6-8-10-27)19-31-34(41)40-35(45-31)36-32(37-40)16-12-24-11-14-29(42-4)30(18-24)43-5/h6-20,22H,21H2,1-5H3. The van der Waals surface area contributed by atoms with Gasteiger partial charge in [-0.15, -0.1) is 5.10 Å². The molecule has 0 aliphatic rings. The Balaban J connectivity index is 1.36. The van der Waals surface area contributed by atoms with Crippen LogP contribution in [0.4, 0.5) is 0 Å². The summed E-state index contributed by atoms with van der Waals surface area (Å²) in [5, 5.41) is 9.39. The van der Waals surface area contributed by atoms with Gasteiger partial charge in [-0.05, 0) is 78.6 Å². The maximum atomic E-state index is 13.5. The molecule has 0 saturated carbocycles. The number of thiazole rings is 1. The van der Waals surface area contributed by atoms with Crippen molar-refractivity contribution in [1.29, 1.82) is 0 Å². The van der Waals surface area contributed by atoms with Gasteiger partial charge in [0.1, 0.15) is 11.4 Å². The molecule has 10 heteroatoms. The van der Waals surface area contributed by atoms with Gasteiger partial charge in [0, 0.05) is 17.3 Å². The number of hydrogen-bond donors (Lipinski definition) is 0. The van der Waals surface area contributed by atoms with Crippen LogP contribution in [-0.2, 0) is 0 Å². The minimum atomic E-state index is -0.236. The summed E-state index contributed by atoms with van der Waals surface area (Å²) in [7, 11) is 3.19. The van der Waals surface area contributed by atoms with E-state index in [1.165, 1.54) is 15.9 Å². The number of benzene rings is 3. The van der Waals surface area contributed by atoms with Crippen LogP contribution in [0, 0.1) is 12.8 Å². The summed E-state index contributed by atoms with van der Waals surface area (Å²) in [5.41, 5.74) is 5.09. The Labute approximate surface area is 264 Å². The number of methoxy groups -OCH3 is 2. The van der Waals surface area contributed by atoms with E-state index >= 15 is 0 Å². The Morgan fingerprint density at radius 3 is 2.40 bits per heavy atom. The lowest BCUT2D eigenvalue weighted by molar-refractivity contribution is 0.269. The average Bonchev–Trinajstić information content (AvgIpc) is 3.74. The van der Waals surface area contributed by atoms with Gasteiger partial charge in [0.2, 0.25) is 4.96 Å². The molecule has 0 amide bonds. The molecule has 0 radical (unpaired) electrons. The molecule has 0 aliphatic heterocycles. The van der Waals surface area contributed by atoms with E-state index in [4.69, 9.17) is 19.3 Å². The molecular formula is C35H33N5O4S. The van der Waals surface area contributed by atoms with Gasteiger partial charge in [0.05, 0.1) is 31.0 Å². The third-order valence-corrected chi connectivity index (χ3v) is 8.06. The van der Waals surface area contributed by atoms with Crippen LogP contribution >= 0.6 is 11.3 Å². The van der Waals surface area contributed by atoms with Crippen molar-refractivity contribution in [3.63, 3.8) is 0 Å². The van der Waals surface area contributed by atoms with Crippen LogP contribution in [0.5, 0.6) is 17.2 Å². The number of hydrogen-bond acceptors (Lipinski definition) is 8. The summed E-state index contributed by atoms with van der Waals surface area (Å²) in [6, 6.07) is 21.6. The van der Waals surface area contributed by atoms with Gasteiger partial charge in [-0.3, -0.25) is 4.79 Å². The van der Waals surface area contributed by atoms with Crippen LogP contribution in [0.25, 0.3) is 40.1 Å². The molecule has 0 unspecified atom stereocenters. The Morgan fingerprint density at radius 1 is 0.911 bits per heavy atom. The molecule has 0 spiro atoms. The van der Waals surface area contributed by atoms with Crippen LogP contribution in [0.3, 0.4) is 0 Å². The van der Waals surface area contributed by atoms with E-state index in [2.05, 4.69) is 30.0 Å². The molecule has 9 nitrogen and oxygen atoms in total. The first-order chi connectivity index (χ1) is 21.8. The van der Waals surface area contributed by atoms with Crippen molar-refractivity contribution in [2.24, 2.45) is 5.92 Å². The monoisotopic (exact) mass is 619 g/mol. The summed E-state index contributed by atoms with van der Waals surface area (Å²) in [4.78, 5) is 18.6. The van der Waals surface area contributed by atoms with Gasteiger partial charge in [-0.25, -0.2) is 4.68 Å². The molecule has 0 N–H and O–H groups in total. The summed E-state index contributed by atoms with van der Waals surface area (Å²) < 4.78 is 20.4. The first kappa shape index (κ1) is 29.8. The predicted molar refractivity (Wildman–Crippen MR) is 178 cm³/mol. The van der Waals surface area contributed by atoms with Crippen LogP contribution in [0.2, 0.25) is 0 Å². The van der Waals surface area contributed by atoms with E-state index < -0.39 is 0 Å². The highest BCUT2D eigenvalue weighted by atomic mass is 32.1. The Hall–Kier alpha value is -5.22. The third kappa shape index (κ3) is 6.37. The number of ether oxygens (including phenoxy) is 3. The average molecular weight is 620 g/mol. The molecule has 0 fully saturated rings. The lowest BCUT2D eigenvalue weighted by Gasteiger charge is -2.12. The van der Waals surface area contributed by atoms with Crippen molar-refractivity contribution in [1.82, 2.24) is 24.4 Å². The van der Waals surface area contributed by atoms with Crippen LogP contribution in [0.1, 0.15) is 36.4 Å². The van der Waals surface area contributed by atoms with Crippen molar-refractivity contribution < 1.29 is 14.2 Å². The van der Waals surface area contributed by atoms with Gasteiger partial charge in [0.25, 0.3) is 5.56 Å². The van der Waals surface area contributed by atoms with Gasteiger partial charge < -0.3 is 14.2 Å². The maximum absolute atomic E-state index is 13.5. The summed E-state index contributed by atoms with van der Waals surface area (Å²) in [6.07, 6.45) is 7.44. The zero-order valence-electron chi connectivity index (χ0n) is 25.7. The van der Waals surface area contributed by atoms with Crippen molar-refractivity contribution >= 4 is 34.5 Å². The molecule has 3 aromatic heterocycles. The molecule has 6 aromatic rings. The van der Waals surface area contributed by atoms with Crippen molar-refractivity contribution in [3.8, 4) is 34.2 Å². The van der Waals surface area contributed by atoms with Crippen molar-refractivity contribution in [2.45, 2.75) is 20.8 Å². The molecule has 3 aromatic carbocycles. The summed E-state index contributed by atoms with van der Waals surface area (Å²) in [5.74, 6) is 2.99. The molecule has 228 valence electrons. The molecule has 45 heavy (non-hydrogen) atoms. The van der Waals surface area contributed by atoms with Crippen LogP contribution in [0.15, 0.2) is 77.7 Å². The van der Waals surface area contributed by atoms with E-state index in [0.29, 0.717) is 39.3 Å². The van der Waals surface area contributed by atoms with Crippen molar-refractivity contribution in [2.75, 3.05) is 20.8 Å². The second-order valence-electron chi connectivity index (χ2n) is 10.9. The van der Waals surface area contributed by atoms with E-state index in [0.717, 1.165) is 39.4 Å². The van der Waals surface area contributed by atoms with Gasteiger partial charge in [-0.1, -0.05) is 55.5 Å². The van der Waals surface area contributed by atoms with Gasteiger partial charge in [0.15, 0.2) is 17.3 Å². The van der Waals surface area contributed by atoms with E-state index in [1.807, 2.05) is 90.6 Å². The number of aromatic nitrogens is 5. The van der Waals surface area contributed by atoms with E-state index in [-0.39, 0.29) is 5.56 Å². The fourth-order valence-electron chi connectivity index (χ4n) is 4.83. The Morgan fingerprint density at radius 2 is 1.69 bits per heavy atom. The Kier molecular flexibility index (Phi) is 8.48. The maximum Gasteiger partial charge on any atom is 0.291 e. The zero-order chi connectivity index (χ0) is 31.5. The molecule has 3 heterocycles. The summed E-state index contributed by atoms with van der Waals surface area (Å²) in [6.45, 7) is 6.93. The fourth-order valence-corrected chi connectivity index (χ4v) is 5.74. The lowest BCUT2D eigenvalue weighted by atomic mass is 10.0. The molecule has 0 bridgehead atoms. The zero-order valence-corrected chi connectivity index (χ0v) is 26.5.